The maximum absolute atomic E-state index is 14.0. The number of methoxy groups -OCH3 is 1. The van der Waals surface area contributed by atoms with E-state index < -0.39 is 11.5 Å². The number of hydrogen-bond acceptors (Lipinski definition) is 6. The number of rotatable bonds is 6. The largest absolute Gasteiger partial charge is 0.493 e. The van der Waals surface area contributed by atoms with Crippen molar-refractivity contribution in [1.29, 1.82) is 0 Å². The Kier molecular flexibility index (Phi) is 6.18. The Labute approximate surface area is 179 Å². The van der Waals surface area contributed by atoms with Gasteiger partial charge in [-0.15, -0.1) is 0 Å². The van der Waals surface area contributed by atoms with Gasteiger partial charge in [0.15, 0.2) is 11.3 Å². The number of benzene rings is 2. The number of carbonyl (C=O) groups excluding carboxylic acids is 1. The molecule has 8 heteroatoms. The van der Waals surface area contributed by atoms with Crippen LogP contribution < -0.4 is 20.6 Å². The Morgan fingerprint density at radius 2 is 1.90 bits per heavy atom. The fraction of sp³-hybridized carbons (Fsp3) is 0.304. The van der Waals surface area contributed by atoms with E-state index >= 15 is 0 Å². The minimum Gasteiger partial charge on any atom is -0.493 e. The molecule has 1 saturated heterocycles. The van der Waals surface area contributed by atoms with Crippen LogP contribution in [0.1, 0.15) is 10.4 Å². The number of anilines is 1. The second-order valence-electron chi connectivity index (χ2n) is 7.36. The van der Waals surface area contributed by atoms with Crippen LogP contribution in [0.3, 0.4) is 0 Å². The van der Waals surface area contributed by atoms with Crippen LogP contribution in [0.5, 0.6) is 5.75 Å². The summed E-state index contributed by atoms with van der Waals surface area (Å²) in [4.78, 5) is 29.0. The molecule has 0 unspecified atom stereocenters. The van der Waals surface area contributed by atoms with Crippen molar-refractivity contribution in [2.45, 2.75) is 0 Å². The van der Waals surface area contributed by atoms with Crippen molar-refractivity contribution in [3.8, 4) is 5.75 Å². The first-order chi connectivity index (χ1) is 15.1. The summed E-state index contributed by atoms with van der Waals surface area (Å²) in [5.41, 5.74) is 0.201. The normalized spacial score (nSPS) is 14.6. The third-order valence-electron chi connectivity index (χ3n) is 5.47. The zero-order chi connectivity index (χ0) is 21.8. The molecule has 1 fully saturated rings. The summed E-state index contributed by atoms with van der Waals surface area (Å²) in [5, 5.41) is 3.41. The molecule has 0 bridgehead atoms. The van der Waals surface area contributed by atoms with Crippen LogP contribution in [-0.2, 0) is 0 Å². The average Bonchev–Trinajstić information content (AvgIpc) is 2.79. The molecule has 1 N–H and O–H groups in total. The quantitative estimate of drug-likeness (QED) is 0.612. The van der Waals surface area contributed by atoms with Gasteiger partial charge in [0.2, 0.25) is 0 Å². The second-order valence-corrected chi connectivity index (χ2v) is 7.36. The van der Waals surface area contributed by atoms with Crippen molar-refractivity contribution in [2.75, 3.05) is 51.3 Å². The minimum atomic E-state index is -0.701. The van der Waals surface area contributed by atoms with Gasteiger partial charge in [-0.2, -0.15) is 0 Å². The molecule has 31 heavy (non-hydrogen) atoms. The fourth-order valence-corrected chi connectivity index (χ4v) is 3.78. The van der Waals surface area contributed by atoms with Gasteiger partial charge in [0, 0.05) is 44.7 Å². The van der Waals surface area contributed by atoms with Gasteiger partial charge in [-0.1, -0.05) is 24.3 Å². The third-order valence-corrected chi connectivity index (χ3v) is 5.47. The van der Waals surface area contributed by atoms with Gasteiger partial charge >= 0.3 is 5.63 Å². The van der Waals surface area contributed by atoms with Crippen molar-refractivity contribution >= 4 is 22.6 Å². The van der Waals surface area contributed by atoms with E-state index in [1.165, 1.54) is 19.2 Å². The number of para-hydroxylation sites is 2. The molecule has 0 spiro atoms. The molecule has 0 radical (unpaired) electrons. The zero-order valence-electron chi connectivity index (χ0n) is 17.3. The van der Waals surface area contributed by atoms with Crippen molar-refractivity contribution in [3.63, 3.8) is 0 Å². The van der Waals surface area contributed by atoms with Crippen LogP contribution >= 0.6 is 0 Å². The summed E-state index contributed by atoms with van der Waals surface area (Å²) in [5.74, 6) is -0.241. The number of carbonyl (C=O) groups is 1. The number of nitrogens with one attached hydrogen (secondary N) is 1. The molecular formula is C23H24FN3O4. The number of piperazine rings is 1. The molecule has 2 heterocycles. The molecule has 0 aliphatic carbocycles. The zero-order valence-corrected chi connectivity index (χ0v) is 17.3. The highest BCUT2D eigenvalue weighted by Crippen LogP contribution is 2.24. The SMILES string of the molecule is COc1cccc2cc(C(=O)NCCN3CCN(c4ccccc4F)CC3)c(=O)oc12. The molecule has 2 aromatic carbocycles. The molecule has 0 saturated carbocycles. The molecule has 7 nitrogen and oxygen atoms in total. The first-order valence-electron chi connectivity index (χ1n) is 10.2. The van der Waals surface area contributed by atoms with Gasteiger partial charge in [0.25, 0.3) is 5.91 Å². The van der Waals surface area contributed by atoms with Gasteiger partial charge in [0.05, 0.1) is 12.8 Å². The van der Waals surface area contributed by atoms with Crippen LogP contribution in [0.15, 0.2) is 57.7 Å². The lowest BCUT2D eigenvalue weighted by atomic mass is 10.1. The highest BCUT2D eigenvalue weighted by molar-refractivity contribution is 5.97. The number of nitrogens with zero attached hydrogens (tertiary/aromatic N) is 2. The Morgan fingerprint density at radius 1 is 1.13 bits per heavy atom. The van der Waals surface area contributed by atoms with E-state index in [1.54, 1.807) is 30.3 Å². The highest BCUT2D eigenvalue weighted by atomic mass is 19.1. The second kappa shape index (κ2) is 9.18. The fourth-order valence-electron chi connectivity index (χ4n) is 3.78. The van der Waals surface area contributed by atoms with Crippen molar-refractivity contribution < 1.29 is 18.3 Å². The first kappa shape index (κ1) is 20.9. The van der Waals surface area contributed by atoms with Crippen LogP contribution in [0.2, 0.25) is 0 Å². The molecular weight excluding hydrogens is 401 g/mol. The van der Waals surface area contributed by atoms with E-state index in [2.05, 4.69) is 10.2 Å². The summed E-state index contributed by atoms with van der Waals surface area (Å²) in [7, 11) is 1.49. The van der Waals surface area contributed by atoms with Gasteiger partial charge in [-0.25, -0.2) is 9.18 Å². The summed E-state index contributed by atoms with van der Waals surface area (Å²) in [6.07, 6.45) is 0. The third kappa shape index (κ3) is 4.54. The van der Waals surface area contributed by atoms with E-state index in [0.717, 1.165) is 13.1 Å². The van der Waals surface area contributed by atoms with E-state index in [4.69, 9.17) is 9.15 Å². The number of halogens is 1. The van der Waals surface area contributed by atoms with E-state index in [1.807, 2.05) is 11.0 Å². The molecule has 1 aliphatic rings. The molecule has 0 atom stereocenters. The molecule has 1 aliphatic heterocycles. The smallest absolute Gasteiger partial charge is 0.349 e. The Morgan fingerprint density at radius 3 is 2.65 bits per heavy atom. The average molecular weight is 425 g/mol. The molecule has 1 aromatic heterocycles. The maximum Gasteiger partial charge on any atom is 0.349 e. The topological polar surface area (TPSA) is 75.0 Å². The first-order valence-corrected chi connectivity index (χ1v) is 10.2. The van der Waals surface area contributed by atoms with E-state index in [0.29, 0.717) is 48.6 Å². The number of amides is 1. The van der Waals surface area contributed by atoms with Crippen molar-refractivity contribution in [2.24, 2.45) is 0 Å². The highest BCUT2D eigenvalue weighted by Gasteiger charge is 2.20. The van der Waals surface area contributed by atoms with Crippen LogP contribution in [0, 0.1) is 5.82 Å². The lowest BCUT2D eigenvalue weighted by Crippen LogP contribution is -2.48. The minimum absolute atomic E-state index is 0.0369. The Bertz CT molecular complexity index is 1140. The Balaban J connectivity index is 1.31. The van der Waals surface area contributed by atoms with Gasteiger partial charge in [-0.05, 0) is 24.3 Å². The van der Waals surface area contributed by atoms with E-state index in [-0.39, 0.29) is 11.4 Å². The maximum atomic E-state index is 14.0. The predicted octanol–water partition coefficient (Wildman–Crippen LogP) is 2.49. The van der Waals surface area contributed by atoms with Gasteiger partial charge in [0.1, 0.15) is 11.4 Å². The summed E-state index contributed by atoms with van der Waals surface area (Å²) in [6.45, 7) is 4.00. The summed E-state index contributed by atoms with van der Waals surface area (Å²) < 4.78 is 24.5. The van der Waals surface area contributed by atoms with Gasteiger partial charge < -0.3 is 19.4 Å². The van der Waals surface area contributed by atoms with Crippen LogP contribution in [-0.4, -0.2) is 57.2 Å². The van der Waals surface area contributed by atoms with Crippen molar-refractivity contribution in [3.05, 3.63) is 70.3 Å². The van der Waals surface area contributed by atoms with Crippen molar-refractivity contribution in [1.82, 2.24) is 10.2 Å². The van der Waals surface area contributed by atoms with E-state index in [9.17, 15) is 14.0 Å². The predicted molar refractivity (Wildman–Crippen MR) is 116 cm³/mol. The molecule has 4 rings (SSSR count). The number of fused-ring (bicyclic) bond motifs is 1. The number of ether oxygens (including phenoxy) is 1. The van der Waals surface area contributed by atoms with Crippen LogP contribution in [0.25, 0.3) is 11.0 Å². The Hall–Kier alpha value is -3.39. The molecule has 1 amide bonds. The summed E-state index contributed by atoms with van der Waals surface area (Å²) in [6, 6.07) is 13.5. The number of hydrogen-bond donors (Lipinski definition) is 1. The monoisotopic (exact) mass is 425 g/mol. The molecule has 3 aromatic rings. The van der Waals surface area contributed by atoms with Crippen LogP contribution in [0.4, 0.5) is 10.1 Å². The molecule has 162 valence electrons. The standard InChI is InChI=1S/C23H24FN3O4/c1-30-20-8-4-5-16-15-17(23(29)31-21(16)20)22(28)25-9-10-26-11-13-27(14-12-26)19-7-3-2-6-18(19)24/h2-8,15H,9-14H2,1H3,(H,25,28). The van der Waals surface area contributed by atoms with Gasteiger partial charge in [-0.3, -0.25) is 9.69 Å². The lowest BCUT2D eigenvalue weighted by molar-refractivity contribution is 0.0944. The lowest BCUT2D eigenvalue weighted by Gasteiger charge is -2.36. The summed E-state index contributed by atoms with van der Waals surface area (Å²) >= 11 is 0.